The van der Waals surface area contributed by atoms with Crippen LogP contribution in [0, 0.1) is 36.5 Å². The average Bonchev–Trinajstić information content (AvgIpc) is 2.90. The van der Waals surface area contributed by atoms with Crippen LogP contribution >= 0.6 is 11.3 Å². The Bertz CT molecular complexity index is 840. The lowest BCUT2D eigenvalue weighted by atomic mass is 9.71. The summed E-state index contributed by atoms with van der Waals surface area (Å²) >= 11 is 1.35. The van der Waals surface area contributed by atoms with E-state index in [-0.39, 0.29) is 29.7 Å². The molecule has 2 aliphatic heterocycles. The van der Waals surface area contributed by atoms with Crippen LogP contribution in [0.1, 0.15) is 40.6 Å². The standard InChI is InChI=1S/C19H25N3O4S/c1-10-14(27-11(2)20-10)16(24)21-6-13(17(25)26)19(7-21)8-22(9-19)15(23)12-5-18(12,3)4/h12-13H,5-9H2,1-4H3,(H,25,26)/t12-,13?/m1/s1. The normalized spacial score (nSPS) is 27.6. The van der Waals surface area contributed by atoms with Crippen LogP contribution < -0.4 is 0 Å². The van der Waals surface area contributed by atoms with Crippen LogP contribution in [0.2, 0.25) is 0 Å². The zero-order chi connectivity index (χ0) is 19.7. The van der Waals surface area contributed by atoms with Crippen LogP contribution in [0.15, 0.2) is 0 Å². The predicted molar refractivity (Wildman–Crippen MR) is 99.5 cm³/mol. The van der Waals surface area contributed by atoms with E-state index >= 15 is 0 Å². The van der Waals surface area contributed by atoms with Crippen LogP contribution in [0.4, 0.5) is 0 Å². The number of hydrogen-bond acceptors (Lipinski definition) is 5. The van der Waals surface area contributed by atoms with Gasteiger partial charge in [0.1, 0.15) is 4.88 Å². The number of hydrogen-bond donors (Lipinski definition) is 1. The smallest absolute Gasteiger partial charge is 0.309 e. The van der Waals surface area contributed by atoms with Crippen molar-refractivity contribution in [1.82, 2.24) is 14.8 Å². The molecule has 27 heavy (non-hydrogen) atoms. The van der Waals surface area contributed by atoms with E-state index in [0.717, 1.165) is 11.4 Å². The molecule has 1 unspecified atom stereocenters. The molecule has 1 N–H and O–H groups in total. The third-order valence-electron chi connectivity index (χ3n) is 6.47. The lowest BCUT2D eigenvalue weighted by Gasteiger charge is -2.50. The molecule has 0 aromatic carbocycles. The summed E-state index contributed by atoms with van der Waals surface area (Å²) in [5.74, 6) is -1.48. The van der Waals surface area contributed by atoms with E-state index in [9.17, 15) is 19.5 Å². The van der Waals surface area contributed by atoms with Gasteiger partial charge in [-0.25, -0.2) is 4.98 Å². The summed E-state index contributed by atoms with van der Waals surface area (Å²) in [6, 6.07) is 0. The van der Waals surface area contributed by atoms with E-state index in [1.807, 2.05) is 6.92 Å². The quantitative estimate of drug-likeness (QED) is 0.848. The third kappa shape index (κ3) is 2.85. The van der Waals surface area contributed by atoms with Gasteiger partial charge in [0.15, 0.2) is 0 Å². The first-order valence-electron chi connectivity index (χ1n) is 9.29. The highest BCUT2D eigenvalue weighted by Gasteiger charge is 2.62. The van der Waals surface area contributed by atoms with Gasteiger partial charge in [-0.15, -0.1) is 11.3 Å². The lowest BCUT2D eigenvalue weighted by molar-refractivity contribution is -0.158. The van der Waals surface area contributed by atoms with E-state index in [0.29, 0.717) is 30.2 Å². The Labute approximate surface area is 162 Å². The van der Waals surface area contributed by atoms with Gasteiger partial charge >= 0.3 is 5.97 Å². The first-order valence-corrected chi connectivity index (χ1v) is 10.1. The molecule has 0 bridgehead atoms. The molecule has 4 rings (SSSR count). The van der Waals surface area contributed by atoms with Gasteiger partial charge in [-0.2, -0.15) is 0 Å². The summed E-state index contributed by atoms with van der Waals surface area (Å²) in [5.41, 5.74) is 0.228. The summed E-state index contributed by atoms with van der Waals surface area (Å²) in [6.45, 7) is 9.27. The zero-order valence-corrected chi connectivity index (χ0v) is 16.9. The molecule has 7 nitrogen and oxygen atoms in total. The fourth-order valence-electron chi connectivity index (χ4n) is 4.64. The third-order valence-corrected chi connectivity index (χ3v) is 7.53. The predicted octanol–water partition coefficient (Wildman–Crippen LogP) is 1.79. The number of nitrogens with zero attached hydrogens (tertiary/aromatic N) is 3. The van der Waals surface area contributed by atoms with E-state index < -0.39 is 17.3 Å². The largest absolute Gasteiger partial charge is 0.481 e. The molecule has 3 fully saturated rings. The molecule has 1 saturated carbocycles. The fourth-order valence-corrected chi connectivity index (χ4v) is 5.52. The highest BCUT2D eigenvalue weighted by atomic mass is 32.1. The molecule has 3 aliphatic rings. The van der Waals surface area contributed by atoms with Crippen LogP contribution in [0.3, 0.4) is 0 Å². The second kappa shape index (κ2) is 5.77. The first-order chi connectivity index (χ1) is 12.5. The first kappa shape index (κ1) is 18.4. The Morgan fingerprint density at radius 2 is 1.70 bits per heavy atom. The monoisotopic (exact) mass is 391 g/mol. The molecule has 2 amide bonds. The molecular weight excluding hydrogens is 366 g/mol. The molecule has 1 aromatic rings. The fraction of sp³-hybridized carbons (Fsp3) is 0.684. The zero-order valence-electron chi connectivity index (χ0n) is 16.1. The van der Waals surface area contributed by atoms with Crippen molar-refractivity contribution in [3.63, 3.8) is 0 Å². The van der Waals surface area contributed by atoms with Gasteiger partial charge in [-0.1, -0.05) is 13.8 Å². The number of carbonyl (C=O) groups excluding carboxylic acids is 2. The van der Waals surface area contributed by atoms with E-state index in [4.69, 9.17) is 0 Å². The van der Waals surface area contributed by atoms with Crippen molar-refractivity contribution < 1.29 is 19.5 Å². The van der Waals surface area contributed by atoms with Crippen LogP contribution in [0.5, 0.6) is 0 Å². The summed E-state index contributed by atoms with van der Waals surface area (Å²) < 4.78 is 0. The van der Waals surface area contributed by atoms with Crippen molar-refractivity contribution in [3.8, 4) is 0 Å². The van der Waals surface area contributed by atoms with Crippen molar-refractivity contribution in [1.29, 1.82) is 0 Å². The molecule has 1 spiro atoms. The van der Waals surface area contributed by atoms with Crippen molar-refractivity contribution >= 4 is 29.1 Å². The maximum atomic E-state index is 12.9. The summed E-state index contributed by atoms with van der Waals surface area (Å²) in [4.78, 5) is 45.7. The Kier molecular flexibility index (Phi) is 3.93. The summed E-state index contributed by atoms with van der Waals surface area (Å²) in [6.07, 6.45) is 0.895. The summed E-state index contributed by atoms with van der Waals surface area (Å²) in [5, 5.41) is 10.5. The van der Waals surface area contributed by atoms with Crippen LogP contribution in [-0.4, -0.2) is 63.9 Å². The van der Waals surface area contributed by atoms with Gasteiger partial charge in [-0.3, -0.25) is 14.4 Å². The topological polar surface area (TPSA) is 90.8 Å². The average molecular weight is 391 g/mol. The molecule has 1 aromatic heterocycles. The molecule has 146 valence electrons. The van der Waals surface area contributed by atoms with Gasteiger partial charge in [0.05, 0.1) is 16.6 Å². The van der Waals surface area contributed by atoms with E-state index in [2.05, 4.69) is 18.8 Å². The molecule has 3 heterocycles. The number of aromatic nitrogens is 1. The van der Waals surface area contributed by atoms with Gasteiger partial charge in [0.2, 0.25) is 5.91 Å². The Morgan fingerprint density at radius 1 is 1.11 bits per heavy atom. The molecule has 2 saturated heterocycles. The maximum Gasteiger partial charge on any atom is 0.309 e. The molecule has 1 aliphatic carbocycles. The number of rotatable bonds is 3. The number of aryl methyl sites for hydroxylation is 2. The Morgan fingerprint density at radius 3 is 2.19 bits per heavy atom. The van der Waals surface area contributed by atoms with E-state index in [1.54, 1.807) is 16.7 Å². The van der Waals surface area contributed by atoms with E-state index in [1.165, 1.54) is 11.3 Å². The maximum absolute atomic E-state index is 12.9. The Balaban J connectivity index is 1.49. The number of aliphatic carboxylic acids is 1. The second-order valence-corrected chi connectivity index (χ2v) is 10.2. The molecule has 8 heteroatoms. The van der Waals surface area contributed by atoms with Gasteiger partial charge in [0.25, 0.3) is 5.91 Å². The number of likely N-dealkylation sites (tertiary alicyclic amines) is 2. The molecule has 2 atom stereocenters. The number of amides is 2. The van der Waals surface area contributed by atoms with Gasteiger partial charge < -0.3 is 14.9 Å². The van der Waals surface area contributed by atoms with Crippen molar-refractivity contribution in [2.45, 2.75) is 34.1 Å². The molecular formula is C19H25N3O4S. The SMILES string of the molecule is Cc1nc(C)c(C(=O)N2CC(C(=O)O)C3(C2)CN(C(=O)[C@H]2CC2(C)C)C3)s1. The lowest BCUT2D eigenvalue weighted by Crippen LogP contribution is -2.63. The number of carbonyl (C=O) groups is 3. The number of carboxylic acid groups (broad SMARTS) is 1. The van der Waals surface area contributed by atoms with Crippen molar-refractivity contribution in [3.05, 3.63) is 15.6 Å². The van der Waals surface area contributed by atoms with Crippen molar-refractivity contribution in [2.75, 3.05) is 26.2 Å². The van der Waals surface area contributed by atoms with Gasteiger partial charge in [-0.05, 0) is 25.7 Å². The minimum absolute atomic E-state index is 0.0556. The van der Waals surface area contributed by atoms with Crippen LogP contribution in [-0.2, 0) is 9.59 Å². The van der Waals surface area contributed by atoms with Crippen LogP contribution in [0.25, 0.3) is 0 Å². The summed E-state index contributed by atoms with van der Waals surface area (Å²) in [7, 11) is 0. The van der Waals surface area contributed by atoms with Crippen molar-refractivity contribution in [2.24, 2.45) is 22.7 Å². The molecule has 0 radical (unpaired) electrons. The number of carboxylic acids is 1. The second-order valence-electron chi connectivity index (χ2n) is 9.03. The Hall–Kier alpha value is -1.96. The minimum Gasteiger partial charge on any atom is -0.481 e. The minimum atomic E-state index is -0.888. The highest BCUT2D eigenvalue weighted by Crippen LogP contribution is 2.54. The van der Waals surface area contributed by atoms with Gasteiger partial charge in [0, 0.05) is 37.5 Å². The highest BCUT2D eigenvalue weighted by molar-refractivity contribution is 7.13. The number of thiazole rings is 1.